The van der Waals surface area contributed by atoms with Crippen molar-refractivity contribution in [3.63, 3.8) is 0 Å². The number of amidine groups is 1. The summed E-state index contributed by atoms with van der Waals surface area (Å²) in [6.45, 7) is 8.35. The number of aliphatic hydroxyl groups is 1. The fourth-order valence-electron chi connectivity index (χ4n) is 3.24. The van der Waals surface area contributed by atoms with E-state index in [1.54, 1.807) is 0 Å². The number of H-pyrrole nitrogens is 1. The van der Waals surface area contributed by atoms with Crippen LogP contribution in [-0.4, -0.2) is 27.0 Å². The summed E-state index contributed by atoms with van der Waals surface area (Å²) in [6.07, 6.45) is -0.246. The van der Waals surface area contributed by atoms with Crippen LogP contribution in [0.1, 0.15) is 28.1 Å². The summed E-state index contributed by atoms with van der Waals surface area (Å²) < 4.78 is 0. The summed E-state index contributed by atoms with van der Waals surface area (Å²) in [4.78, 5) is 12.5. The van der Waals surface area contributed by atoms with E-state index in [0.29, 0.717) is 12.3 Å². The van der Waals surface area contributed by atoms with E-state index in [0.717, 1.165) is 28.2 Å². The molecule has 1 aromatic heterocycles. The van der Waals surface area contributed by atoms with Gasteiger partial charge in [-0.1, -0.05) is 0 Å². The third-order valence-electron chi connectivity index (χ3n) is 5.07. The van der Waals surface area contributed by atoms with Gasteiger partial charge in [-0.15, -0.1) is 0 Å². The Hall–Kier alpha value is -2.21. The summed E-state index contributed by atoms with van der Waals surface area (Å²) in [5.74, 6) is 1.49. The highest BCUT2D eigenvalue weighted by Gasteiger charge is 2.27. The second kappa shape index (κ2) is 6.83. The predicted octanol–water partition coefficient (Wildman–Crippen LogP) is -0.357. The molecule has 26 heavy (non-hydrogen) atoms. The van der Waals surface area contributed by atoms with Crippen molar-refractivity contribution < 1.29 is 22.8 Å². The maximum absolute atomic E-state index is 10.6. The fourth-order valence-corrected chi connectivity index (χ4v) is 3.24. The van der Waals surface area contributed by atoms with Crippen LogP contribution in [0, 0.1) is 27.7 Å². The van der Waals surface area contributed by atoms with Gasteiger partial charge in [-0.2, -0.15) is 4.99 Å². The Morgan fingerprint density at radius 2 is 1.65 bits per heavy atom. The largest absolute Gasteiger partial charge is 1.00 e. The van der Waals surface area contributed by atoms with Crippen LogP contribution in [0.25, 0.3) is 11.0 Å². The molecular weight excluding hydrogens is 348 g/mol. The number of aliphatic imine (C=N–C) groups is 1. The average molecular weight is 371 g/mol. The lowest BCUT2D eigenvalue weighted by atomic mass is 10.1. The fraction of sp³-hybridized carbons (Fsp3) is 0.300. The molecule has 0 fully saturated rings. The van der Waals surface area contributed by atoms with E-state index in [1.165, 1.54) is 22.3 Å². The molecule has 2 aromatic carbocycles. The SMILES string of the molecule is Cc1cc2c(cc1C)[NH2+]C(C(O)Cc1nc3cc(C)c(C)cc3[nH]1)=N2.[Cl-]. The van der Waals surface area contributed by atoms with E-state index in [4.69, 9.17) is 0 Å². The first-order valence-electron chi connectivity index (χ1n) is 8.59. The third-order valence-corrected chi connectivity index (χ3v) is 5.07. The standard InChI is InChI=1S/C20H22N4O.ClH/c1-10-5-14-15(6-11(10)2)22-19(21-14)9-18(25)20-23-16-7-12(3)13(4)8-17(16)24-20;/h5-8,18,25H,9H2,1-4H3,(H,21,22)(H,23,24);1H. The first kappa shape index (κ1) is 18.6. The van der Waals surface area contributed by atoms with Gasteiger partial charge in [0.15, 0.2) is 11.8 Å². The summed E-state index contributed by atoms with van der Waals surface area (Å²) in [5.41, 5.74) is 8.88. The van der Waals surface area contributed by atoms with Crippen molar-refractivity contribution >= 4 is 28.2 Å². The highest BCUT2D eigenvalue weighted by Crippen LogP contribution is 2.28. The minimum absolute atomic E-state index is 0. The Morgan fingerprint density at radius 1 is 1.00 bits per heavy atom. The van der Waals surface area contributed by atoms with Gasteiger partial charge in [-0.25, -0.2) is 4.98 Å². The maximum atomic E-state index is 10.6. The number of fused-ring (bicyclic) bond motifs is 2. The Kier molecular flexibility index (Phi) is 4.88. The maximum Gasteiger partial charge on any atom is 0.235 e. The van der Waals surface area contributed by atoms with Gasteiger partial charge in [-0.3, -0.25) is 5.32 Å². The Morgan fingerprint density at radius 3 is 2.42 bits per heavy atom. The van der Waals surface area contributed by atoms with Crippen molar-refractivity contribution in [2.75, 3.05) is 0 Å². The predicted molar refractivity (Wildman–Crippen MR) is 99.9 cm³/mol. The number of rotatable bonds is 3. The number of aromatic amines is 1. The van der Waals surface area contributed by atoms with Gasteiger partial charge >= 0.3 is 0 Å². The van der Waals surface area contributed by atoms with Crippen molar-refractivity contribution in [1.29, 1.82) is 0 Å². The molecule has 136 valence electrons. The Balaban J connectivity index is 0.00000196. The minimum atomic E-state index is -0.671. The lowest BCUT2D eigenvalue weighted by molar-refractivity contribution is -0.445. The van der Waals surface area contributed by atoms with Crippen LogP contribution in [0.5, 0.6) is 0 Å². The topological polar surface area (TPSA) is 77.9 Å². The highest BCUT2D eigenvalue weighted by molar-refractivity contribution is 5.88. The molecule has 0 radical (unpaired) electrons. The molecule has 0 aliphatic carbocycles. The molecule has 0 amide bonds. The van der Waals surface area contributed by atoms with Gasteiger partial charge in [0.1, 0.15) is 11.5 Å². The number of nitrogens with zero attached hydrogens (tertiary/aromatic N) is 2. The van der Waals surface area contributed by atoms with E-state index in [-0.39, 0.29) is 12.4 Å². The van der Waals surface area contributed by atoms with Crippen molar-refractivity contribution in [2.24, 2.45) is 4.99 Å². The second-order valence-electron chi connectivity index (χ2n) is 7.03. The number of aliphatic hydroxyl groups excluding tert-OH is 1. The number of hydrogen-bond donors (Lipinski definition) is 3. The van der Waals surface area contributed by atoms with Crippen LogP contribution >= 0.6 is 0 Å². The number of halogens is 1. The van der Waals surface area contributed by atoms with Crippen molar-refractivity contribution in [3.8, 4) is 0 Å². The number of aryl methyl sites for hydroxylation is 4. The van der Waals surface area contributed by atoms with Crippen LogP contribution in [-0.2, 0) is 6.42 Å². The van der Waals surface area contributed by atoms with Crippen molar-refractivity contribution in [1.82, 2.24) is 9.97 Å². The molecule has 4 rings (SSSR count). The van der Waals surface area contributed by atoms with Gasteiger partial charge in [0.25, 0.3) is 0 Å². The van der Waals surface area contributed by atoms with Gasteiger partial charge in [-0.05, 0) is 68.1 Å². The monoisotopic (exact) mass is 370 g/mol. The quantitative estimate of drug-likeness (QED) is 0.551. The molecule has 1 aliphatic heterocycles. The molecule has 1 atom stereocenters. The number of quaternary nitrogens is 1. The molecule has 0 bridgehead atoms. The van der Waals surface area contributed by atoms with Crippen LogP contribution in [0.3, 0.4) is 0 Å². The molecule has 0 saturated carbocycles. The van der Waals surface area contributed by atoms with E-state index < -0.39 is 6.10 Å². The summed E-state index contributed by atoms with van der Waals surface area (Å²) in [5, 5.41) is 12.6. The summed E-state index contributed by atoms with van der Waals surface area (Å²) in [6, 6.07) is 8.39. The van der Waals surface area contributed by atoms with Gasteiger partial charge in [0.05, 0.1) is 11.0 Å². The van der Waals surface area contributed by atoms with Gasteiger partial charge in [0.2, 0.25) is 5.84 Å². The molecule has 1 aliphatic rings. The van der Waals surface area contributed by atoms with Crippen LogP contribution < -0.4 is 17.7 Å². The summed E-state index contributed by atoms with van der Waals surface area (Å²) >= 11 is 0. The average Bonchev–Trinajstić information content (AvgIpc) is 3.11. The number of hydrogen-bond acceptors (Lipinski definition) is 3. The van der Waals surface area contributed by atoms with E-state index >= 15 is 0 Å². The van der Waals surface area contributed by atoms with Gasteiger partial charge in [0, 0.05) is 12.5 Å². The first-order valence-corrected chi connectivity index (χ1v) is 8.59. The zero-order valence-corrected chi connectivity index (χ0v) is 16.1. The minimum Gasteiger partial charge on any atom is -1.00 e. The van der Waals surface area contributed by atoms with Crippen LogP contribution in [0.4, 0.5) is 11.4 Å². The van der Waals surface area contributed by atoms with Crippen molar-refractivity contribution in [3.05, 3.63) is 52.3 Å². The number of nitrogens with two attached hydrogens (primary N) is 1. The van der Waals surface area contributed by atoms with Crippen LogP contribution in [0.2, 0.25) is 0 Å². The molecule has 5 nitrogen and oxygen atoms in total. The lowest BCUT2D eigenvalue weighted by Crippen LogP contribution is -3.00. The Bertz CT molecular complexity index is 983. The summed E-state index contributed by atoms with van der Waals surface area (Å²) in [7, 11) is 0. The van der Waals surface area contributed by atoms with E-state index in [1.807, 2.05) is 5.32 Å². The normalized spacial score (nSPS) is 14.1. The number of nitrogens with one attached hydrogen (secondary N) is 1. The number of benzene rings is 2. The van der Waals surface area contributed by atoms with Gasteiger partial charge < -0.3 is 22.5 Å². The number of aromatic nitrogens is 2. The van der Waals surface area contributed by atoms with E-state index in [9.17, 15) is 5.11 Å². The lowest BCUT2D eigenvalue weighted by Gasteiger charge is -2.05. The smallest absolute Gasteiger partial charge is 0.235 e. The molecule has 1 unspecified atom stereocenters. The second-order valence-corrected chi connectivity index (χ2v) is 7.03. The van der Waals surface area contributed by atoms with Crippen LogP contribution in [0.15, 0.2) is 29.3 Å². The molecule has 4 N–H and O–H groups in total. The molecule has 6 heteroatoms. The molecule has 0 spiro atoms. The zero-order valence-electron chi connectivity index (χ0n) is 15.4. The first-order chi connectivity index (χ1) is 11.9. The molecule has 2 heterocycles. The third kappa shape index (κ3) is 3.26. The Labute approximate surface area is 159 Å². The highest BCUT2D eigenvalue weighted by atomic mass is 35.5. The zero-order chi connectivity index (χ0) is 17.7. The molecule has 3 aromatic rings. The van der Waals surface area contributed by atoms with E-state index in [2.05, 4.69) is 66.9 Å². The molecular formula is C20H23ClN4O. The number of imidazole rings is 1. The molecule has 0 saturated heterocycles. The van der Waals surface area contributed by atoms with Crippen molar-refractivity contribution in [2.45, 2.75) is 40.2 Å².